The SMILES string of the molecule is CC(CN(C)C(=O)C(C)Oc1cccc(C(C)C)c1)C(=O)O. The van der Waals surface area contributed by atoms with Gasteiger partial charge in [0.05, 0.1) is 5.92 Å². The number of aliphatic carboxylic acids is 1. The summed E-state index contributed by atoms with van der Waals surface area (Å²) in [6, 6.07) is 7.66. The highest BCUT2D eigenvalue weighted by molar-refractivity contribution is 5.81. The Bertz CT molecular complexity index is 527. The van der Waals surface area contributed by atoms with Gasteiger partial charge >= 0.3 is 5.97 Å². The van der Waals surface area contributed by atoms with Gasteiger partial charge in [0.15, 0.2) is 6.10 Å². The zero-order chi connectivity index (χ0) is 16.9. The highest BCUT2D eigenvalue weighted by Crippen LogP contribution is 2.21. The Morgan fingerprint density at radius 2 is 1.86 bits per heavy atom. The molecule has 0 aliphatic rings. The third kappa shape index (κ3) is 5.06. The van der Waals surface area contributed by atoms with Crippen LogP contribution in [0.2, 0.25) is 0 Å². The molecule has 0 spiro atoms. The molecule has 1 aromatic carbocycles. The normalized spacial score (nSPS) is 13.5. The van der Waals surface area contributed by atoms with E-state index in [2.05, 4.69) is 13.8 Å². The van der Waals surface area contributed by atoms with Crippen LogP contribution in [0.4, 0.5) is 0 Å². The predicted molar refractivity (Wildman–Crippen MR) is 85.1 cm³/mol. The summed E-state index contributed by atoms with van der Waals surface area (Å²) in [5.74, 6) is -0.730. The first-order chi connectivity index (χ1) is 10.2. The first-order valence-electron chi connectivity index (χ1n) is 7.46. The molecule has 1 aromatic rings. The van der Waals surface area contributed by atoms with E-state index in [0.717, 1.165) is 5.56 Å². The number of hydrogen-bond acceptors (Lipinski definition) is 3. The van der Waals surface area contributed by atoms with Crippen LogP contribution >= 0.6 is 0 Å². The third-order valence-corrected chi connectivity index (χ3v) is 3.53. The number of nitrogens with zero attached hydrogens (tertiary/aromatic N) is 1. The Labute approximate surface area is 131 Å². The Kier molecular flexibility index (Phi) is 6.40. The van der Waals surface area contributed by atoms with Crippen LogP contribution in [0.15, 0.2) is 24.3 Å². The molecular weight excluding hydrogens is 282 g/mol. The maximum absolute atomic E-state index is 12.2. The zero-order valence-corrected chi connectivity index (χ0v) is 13.9. The average Bonchev–Trinajstić information content (AvgIpc) is 2.46. The zero-order valence-electron chi connectivity index (χ0n) is 13.9. The van der Waals surface area contributed by atoms with Gasteiger partial charge in [0, 0.05) is 13.6 Å². The van der Waals surface area contributed by atoms with Crippen LogP contribution in [0.5, 0.6) is 5.75 Å². The van der Waals surface area contributed by atoms with E-state index in [1.54, 1.807) is 20.9 Å². The number of carbonyl (C=O) groups excluding carboxylic acids is 1. The Hall–Kier alpha value is -2.04. The maximum atomic E-state index is 12.2. The Morgan fingerprint density at radius 1 is 1.23 bits per heavy atom. The lowest BCUT2D eigenvalue weighted by Gasteiger charge is -2.23. The van der Waals surface area contributed by atoms with Crippen LogP contribution in [0.25, 0.3) is 0 Å². The summed E-state index contributed by atoms with van der Waals surface area (Å²) in [6.07, 6.45) is -0.659. The second kappa shape index (κ2) is 7.82. The van der Waals surface area contributed by atoms with Gasteiger partial charge < -0.3 is 14.7 Å². The number of hydrogen-bond donors (Lipinski definition) is 1. The van der Waals surface area contributed by atoms with Crippen LogP contribution in [0.1, 0.15) is 39.2 Å². The van der Waals surface area contributed by atoms with Gasteiger partial charge in [-0.3, -0.25) is 9.59 Å². The van der Waals surface area contributed by atoms with Crippen LogP contribution in [-0.2, 0) is 9.59 Å². The number of carboxylic acid groups (broad SMARTS) is 1. The quantitative estimate of drug-likeness (QED) is 0.841. The number of carbonyl (C=O) groups is 2. The van der Waals surface area contributed by atoms with Crippen molar-refractivity contribution in [3.63, 3.8) is 0 Å². The van der Waals surface area contributed by atoms with Crippen molar-refractivity contribution in [3.8, 4) is 5.75 Å². The first kappa shape index (κ1) is 18.0. The molecule has 0 saturated carbocycles. The molecule has 0 heterocycles. The maximum Gasteiger partial charge on any atom is 0.308 e. The predicted octanol–water partition coefficient (Wildman–Crippen LogP) is 2.76. The van der Waals surface area contributed by atoms with Crippen molar-refractivity contribution in [2.45, 2.75) is 39.7 Å². The number of rotatable bonds is 7. The minimum Gasteiger partial charge on any atom is -0.481 e. The summed E-state index contributed by atoms with van der Waals surface area (Å²) in [5.41, 5.74) is 1.14. The van der Waals surface area contributed by atoms with E-state index in [1.165, 1.54) is 4.90 Å². The summed E-state index contributed by atoms with van der Waals surface area (Å²) in [4.78, 5) is 24.5. The first-order valence-corrected chi connectivity index (χ1v) is 7.46. The third-order valence-electron chi connectivity index (χ3n) is 3.53. The number of carboxylic acids is 1. The summed E-state index contributed by atoms with van der Waals surface area (Å²) in [6.45, 7) is 7.59. The summed E-state index contributed by atoms with van der Waals surface area (Å²) < 4.78 is 5.69. The molecule has 0 radical (unpaired) electrons. The van der Waals surface area contributed by atoms with E-state index in [0.29, 0.717) is 11.7 Å². The van der Waals surface area contributed by atoms with Crippen molar-refractivity contribution >= 4 is 11.9 Å². The number of benzene rings is 1. The number of likely N-dealkylation sites (N-methyl/N-ethyl adjacent to an activating group) is 1. The molecule has 122 valence electrons. The van der Waals surface area contributed by atoms with Crippen LogP contribution < -0.4 is 4.74 Å². The molecule has 1 amide bonds. The fourth-order valence-electron chi connectivity index (χ4n) is 2.09. The molecule has 1 N–H and O–H groups in total. The van der Waals surface area contributed by atoms with Crippen molar-refractivity contribution in [1.82, 2.24) is 4.90 Å². The van der Waals surface area contributed by atoms with E-state index in [-0.39, 0.29) is 12.5 Å². The fraction of sp³-hybridized carbons (Fsp3) is 0.529. The molecule has 0 aromatic heterocycles. The molecule has 1 rings (SSSR count). The molecule has 0 fully saturated rings. The summed E-state index contributed by atoms with van der Waals surface area (Å²) >= 11 is 0. The largest absolute Gasteiger partial charge is 0.481 e. The highest BCUT2D eigenvalue weighted by atomic mass is 16.5. The lowest BCUT2D eigenvalue weighted by Crippen LogP contribution is -2.41. The lowest BCUT2D eigenvalue weighted by molar-refractivity contribution is -0.144. The van der Waals surface area contributed by atoms with E-state index in [9.17, 15) is 9.59 Å². The molecule has 0 bridgehead atoms. The molecule has 5 nitrogen and oxygen atoms in total. The van der Waals surface area contributed by atoms with E-state index < -0.39 is 18.0 Å². The van der Waals surface area contributed by atoms with Gasteiger partial charge in [-0.25, -0.2) is 0 Å². The average molecular weight is 307 g/mol. The Balaban J connectivity index is 2.67. The number of amides is 1. The molecule has 22 heavy (non-hydrogen) atoms. The van der Waals surface area contributed by atoms with Crippen molar-refractivity contribution in [1.29, 1.82) is 0 Å². The molecule has 2 unspecified atom stereocenters. The van der Waals surface area contributed by atoms with Crippen LogP contribution in [0, 0.1) is 5.92 Å². The molecular formula is C17H25NO4. The molecule has 5 heteroatoms. The van der Waals surface area contributed by atoms with E-state index in [4.69, 9.17) is 9.84 Å². The highest BCUT2D eigenvalue weighted by Gasteiger charge is 2.23. The van der Waals surface area contributed by atoms with Crippen molar-refractivity contribution in [2.24, 2.45) is 5.92 Å². The monoisotopic (exact) mass is 307 g/mol. The van der Waals surface area contributed by atoms with Gasteiger partial charge in [0.2, 0.25) is 0 Å². The Morgan fingerprint density at radius 3 is 2.41 bits per heavy atom. The smallest absolute Gasteiger partial charge is 0.308 e. The second-order valence-electron chi connectivity index (χ2n) is 5.95. The van der Waals surface area contributed by atoms with Gasteiger partial charge in [-0.15, -0.1) is 0 Å². The van der Waals surface area contributed by atoms with Crippen LogP contribution in [0.3, 0.4) is 0 Å². The van der Waals surface area contributed by atoms with E-state index >= 15 is 0 Å². The molecule has 0 saturated heterocycles. The molecule has 2 atom stereocenters. The second-order valence-corrected chi connectivity index (χ2v) is 5.95. The van der Waals surface area contributed by atoms with Gasteiger partial charge in [0.1, 0.15) is 5.75 Å². The number of ether oxygens (including phenoxy) is 1. The fourth-order valence-corrected chi connectivity index (χ4v) is 2.09. The van der Waals surface area contributed by atoms with E-state index in [1.807, 2.05) is 24.3 Å². The topological polar surface area (TPSA) is 66.8 Å². The molecule has 0 aliphatic heterocycles. The van der Waals surface area contributed by atoms with Gasteiger partial charge in [-0.05, 0) is 30.5 Å². The minimum absolute atomic E-state index is 0.161. The van der Waals surface area contributed by atoms with Crippen molar-refractivity contribution in [2.75, 3.05) is 13.6 Å². The van der Waals surface area contributed by atoms with Crippen LogP contribution in [-0.4, -0.2) is 41.6 Å². The minimum atomic E-state index is -0.919. The standard InChI is InChI=1S/C17H25NO4/c1-11(2)14-7-6-8-15(9-14)22-13(4)16(19)18(5)10-12(3)17(20)21/h6-9,11-13H,10H2,1-5H3,(H,20,21). The van der Waals surface area contributed by atoms with Crippen molar-refractivity contribution in [3.05, 3.63) is 29.8 Å². The van der Waals surface area contributed by atoms with Crippen molar-refractivity contribution < 1.29 is 19.4 Å². The van der Waals surface area contributed by atoms with Gasteiger partial charge in [-0.1, -0.05) is 32.9 Å². The lowest BCUT2D eigenvalue weighted by atomic mass is 10.0. The van der Waals surface area contributed by atoms with Gasteiger partial charge in [-0.2, -0.15) is 0 Å². The summed E-state index contributed by atoms with van der Waals surface area (Å²) in [7, 11) is 1.59. The van der Waals surface area contributed by atoms with Gasteiger partial charge in [0.25, 0.3) is 5.91 Å². The summed E-state index contributed by atoms with van der Waals surface area (Å²) in [5, 5.41) is 8.90. The molecule has 0 aliphatic carbocycles.